The fourth-order valence-corrected chi connectivity index (χ4v) is 4.64. The molecule has 0 aliphatic carbocycles. The largest absolute Gasteiger partial charge is 0.496 e. The Labute approximate surface area is 225 Å². The highest BCUT2D eigenvalue weighted by molar-refractivity contribution is 7.12. The average molecular weight is 532 g/mol. The minimum atomic E-state index is -0.971. The molecule has 4 rings (SSSR count). The molecule has 0 aliphatic rings. The third-order valence-electron chi connectivity index (χ3n) is 5.97. The Morgan fingerprint density at radius 2 is 1.76 bits per heavy atom. The smallest absolute Gasteiger partial charge is 0.261 e. The summed E-state index contributed by atoms with van der Waals surface area (Å²) in [6, 6.07) is 20.8. The normalized spacial score (nSPS) is 11.4. The van der Waals surface area contributed by atoms with Crippen molar-refractivity contribution in [2.45, 2.75) is 26.1 Å². The highest BCUT2D eigenvalue weighted by Crippen LogP contribution is 2.28. The molecule has 0 spiro atoms. The predicted molar refractivity (Wildman–Crippen MR) is 145 cm³/mol. The van der Waals surface area contributed by atoms with Gasteiger partial charge < -0.3 is 24.7 Å². The van der Waals surface area contributed by atoms with Crippen molar-refractivity contribution < 1.29 is 23.5 Å². The molecular formula is C29H29N3O5S. The Kier molecular flexibility index (Phi) is 8.94. The molecule has 0 fully saturated rings. The van der Waals surface area contributed by atoms with E-state index in [2.05, 4.69) is 10.6 Å². The van der Waals surface area contributed by atoms with Crippen LogP contribution in [0, 0.1) is 6.92 Å². The van der Waals surface area contributed by atoms with Gasteiger partial charge in [0.15, 0.2) is 0 Å². The molecule has 2 aromatic heterocycles. The number of aryl methyl sites for hydroxylation is 1. The molecule has 4 aromatic rings. The van der Waals surface area contributed by atoms with Crippen molar-refractivity contribution in [3.05, 3.63) is 112 Å². The number of hydrogen-bond donors (Lipinski definition) is 2. The lowest BCUT2D eigenvalue weighted by atomic mass is 10.0. The second kappa shape index (κ2) is 12.7. The summed E-state index contributed by atoms with van der Waals surface area (Å²) in [5, 5.41) is 7.38. The SMILES string of the molecule is COc1ccccc1CN(C(=O)CNC(=O)c1cccs1)[C@H](C(=O)NCc1ccco1)c1ccc(C)cc1. The maximum Gasteiger partial charge on any atom is 0.261 e. The van der Waals surface area contributed by atoms with Crippen molar-refractivity contribution in [3.8, 4) is 5.75 Å². The second-order valence-corrected chi connectivity index (χ2v) is 9.55. The Morgan fingerprint density at radius 3 is 2.45 bits per heavy atom. The van der Waals surface area contributed by atoms with Gasteiger partial charge >= 0.3 is 0 Å². The lowest BCUT2D eigenvalue weighted by Gasteiger charge is -2.32. The molecule has 2 heterocycles. The number of hydrogen-bond acceptors (Lipinski definition) is 6. The van der Waals surface area contributed by atoms with Crippen LogP contribution in [-0.4, -0.2) is 36.3 Å². The maximum absolute atomic E-state index is 13.7. The van der Waals surface area contributed by atoms with Gasteiger partial charge in [-0.3, -0.25) is 14.4 Å². The molecule has 0 aliphatic heterocycles. The van der Waals surface area contributed by atoms with E-state index in [-0.39, 0.29) is 31.4 Å². The fraction of sp³-hybridized carbons (Fsp3) is 0.207. The first-order valence-electron chi connectivity index (χ1n) is 12.1. The Morgan fingerprint density at radius 1 is 0.974 bits per heavy atom. The summed E-state index contributed by atoms with van der Waals surface area (Å²) in [6.07, 6.45) is 1.53. The van der Waals surface area contributed by atoms with E-state index >= 15 is 0 Å². The van der Waals surface area contributed by atoms with Crippen LogP contribution in [0.1, 0.15) is 38.2 Å². The van der Waals surface area contributed by atoms with Crippen LogP contribution in [0.4, 0.5) is 0 Å². The molecule has 9 heteroatoms. The highest BCUT2D eigenvalue weighted by Gasteiger charge is 2.32. The van der Waals surface area contributed by atoms with E-state index in [1.165, 1.54) is 22.5 Å². The molecule has 8 nitrogen and oxygen atoms in total. The van der Waals surface area contributed by atoms with E-state index in [0.717, 1.165) is 11.1 Å². The van der Waals surface area contributed by atoms with E-state index in [4.69, 9.17) is 9.15 Å². The molecule has 0 saturated carbocycles. The van der Waals surface area contributed by atoms with Gasteiger partial charge in [0.25, 0.3) is 5.91 Å². The number of thiophene rings is 1. The highest BCUT2D eigenvalue weighted by atomic mass is 32.1. The zero-order valence-corrected chi connectivity index (χ0v) is 22.0. The Balaban J connectivity index is 1.66. The van der Waals surface area contributed by atoms with Gasteiger partial charge in [0.2, 0.25) is 11.8 Å². The fourth-order valence-electron chi connectivity index (χ4n) is 4.00. The molecule has 3 amide bonds. The van der Waals surface area contributed by atoms with E-state index in [0.29, 0.717) is 22.0 Å². The molecule has 38 heavy (non-hydrogen) atoms. The number of carbonyl (C=O) groups excluding carboxylic acids is 3. The zero-order valence-electron chi connectivity index (χ0n) is 21.2. The lowest BCUT2D eigenvalue weighted by Crippen LogP contribution is -2.46. The number of carbonyl (C=O) groups is 3. The molecule has 196 valence electrons. The van der Waals surface area contributed by atoms with E-state index in [1.807, 2.05) is 49.4 Å². The van der Waals surface area contributed by atoms with Gasteiger partial charge in [0.1, 0.15) is 17.6 Å². The van der Waals surface area contributed by atoms with Crippen LogP contribution in [0.25, 0.3) is 0 Å². The molecule has 0 unspecified atom stereocenters. The predicted octanol–water partition coefficient (Wildman–Crippen LogP) is 4.47. The van der Waals surface area contributed by atoms with Crippen LogP contribution in [-0.2, 0) is 22.7 Å². The molecular weight excluding hydrogens is 502 g/mol. The van der Waals surface area contributed by atoms with Crippen LogP contribution in [0.2, 0.25) is 0 Å². The van der Waals surface area contributed by atoms with Gasteiger partial charge in [-0.1, -0.05) is 54.1 Å². The summed E-state index contributed by atoms with van der Waals surface area (Å²) in [7, 11) is 1.56. The average Bonchev–Trinajstić information content (AvgIpc) is 3.66. The lowest BCUT2D eigenvalue weighted by molar-refractivity contribution is -0.141. The van der Waals surface area contributed by atoms with Gasteiger partial charge in [-0.2, -0.15) is 0 Å². The van der Waals surface area contributed by atoms with Crippen molar-refractivity contribution in [2.75, 3.05) is 13.7 Å². The Bertz CT molecular complexity index is 1350. The van der Waals surface area contributed by atoms with Crippen LogP contribution in [0.15, 0.2) is 88.9 Å². The summed E-state index contributed by atoms with van der Waals surface area (Å²) < 4.78 is 10.9. The van der Waals surface area contributed by atoms with Crippen molar-refractivity contribution in [3.63, 3.8) is 0 Å². The van der Waals surface area contributed by atoms with Crippen LogP contribution < -0.4 is 15.4 Å². The number of rotatable bonds is 11. The van der Waals surface area contributed by atoms with Crippen molar-refractivity contribution >= 4 is 29.1 Å². The van der Waals surface area contributed by atoms with E-state index < -0.39 is 11.9 Å². The quantitative estimate of drug-likeness (QED) is 0.297. The number of para-hydroxylation sites is 1. The number of amides is 3. The minimum Gasteiger partial charge on any atom is -0.496 e. The molecule has 0 bridgehead atoms. The third-order valence-corrected chi connectivity index (χ3v) is 6.84. The number of methoxy groups -OCH3 is 1. The monoisotopic (exact) mass is 531 g/mol. The van der Waals surface area contributed by atoms with Gasteiger partial charge in [0, 0.05) is 5.56 Å². The van der Waals surface area contributed by atoms with Gasteiger partial charge in [-0.15, -0.1) is 11.3 Å². The van der Waals surface area contributed by atoms with Gasteiger partial charge in [0.05, 0.1) is 37.9 Å². The first-order valence-corrected chi connectivity index (χ1v) is 12.9. The molecule has 1 atom stereocenters. The van der Waals surface area contributed by atoms with Crippen molar-refractivity contribution in [2.24, 2.45) is 0 Å². The molecule has 2 N–H and O–H groups in total. The summed E-state index contributed by atoms with van der Waals surface area (Å²) in [5.74, 6) is 0.0377. The summed E-state index contributed by atoms with van der Waals surface area (Å²) in [6.45, 7) is 1.93. The third kappa shape index (κ3) is 6.68. The Hall–Kier alpha value is -4.37. The number of benzene rings is 2. The van der Waals surface area contributed by atoms with E-state index in [9.17, 15) is 14.4 Å². The van der Waals surface area contributed by atoms with Crippen molar-refractivity contribution in [1.82, 2.24) is 15.5 Å². The maximum atomic E-state index is 13.7. The number of ether oxygens (including phenoxy) is 1. The van der Waals surface area contributed by atoms with Crippen molar-refractivity contribution in [1.29, 1.82) is 0 Å². The molecule has 0 saturated heterocycles. The molecule has 0 radical (unpaired) electrons. The summed E-state index contributed by atoms with van der Waals surface area (Å²) in [4.78, 5) is 41.9. The minimum absolute atomic E-state index is 0.0877. The topological polar surface area (TPSA) is 101 Å². The van der Waals surface area contributed by atoms with Gasteiger partial charge in [-0.05, 0) is 42.1 Å². The second-order valence-electron chi connectivity index (χ2n) is 8.60. The number of nitrogens with zero attached hydrogens (tertiary/aromatic N) is 1. The standard InChI is InChI=1S/C29H29N3O5S/c1-20-11-13-21(14-12-20)27(29(35)30-17-23-8-5-15-37-23)32(19-22-7-3-4-9-24(22)36-2)26(33)18-31-28(34)25-10-6-16-38-25/h3-16,27H,17-19H2,1-2H3,(H,30,35)(H,31,34)/t27-/m0/s1. The number of nitrogens with one attached hydrogen (secondary N) is 2. The summed E-state index contributed by atoms with van der Waals surface area (Å²) in [5.41, 5.74) is 2.39. The van der Waals surface area contributed by atoms with Crippen LogP contribution >= 0.6 is 11.3 Å². The van der Waals surface area contributed by atoms with E-state index in [1.54, 1.807) is 42.8 Å². The number of furan rings is 1. The first kappa shape index (κ1) is 26.7. The summed E-state index contributed by atoms with van der Waals surface area (Å²) >= 11 is 1.29. The molecule has 2 aromatic carbocycles. The van der Waals surface area contributed by atoms with Crippen LogP contribution in [0.3, 0.4) is 0 Å². The van der Waals surface area contributed by atoms with Crippen LogP contribution in [0.5, 0.6) is 5.75 Å². The zero-order chi connectivity index (χ0) is 26.9. The van der Waals surface area contributed by atoms with Gasteiger partial charge in [-0.25, -0.2) is 0 Å². The first-order chi connectivity index (χ1) is 18.5.